The van der Waals surface area contributed by atoms with Crippen LogP contribution >= 0.6 is 0 Å². The molecular weight excluding hydrogens is 384 g/mol. The number of nitrogens with zero attached hydrogens (tertiary/aromatic N) is 1. The molecule has 0 atom stereocenters. The Hall–Kier alpha value is -3.35. The number of ketones is 1. The minimum Gasteiger partial charge on any atom is -0.494 e. The van der Waals surface area contributed by atoms with E-state index in [9.17, 15) is 14.9 Å². The third kappa shape index (κ3) is 4.79. The van der Waals surface area contributed by atoms with Crippen molar-refractivity contribution in [2.45, 2.75) is 39.5 Å². The Morgan fingerprint density at radius 1 is 1.10 bits per heavy atom. The molecule has 0 spiro atoms. The van der Waals surface area contributed by atoms with Crippen molar-refractivity contribution >= 4 is 28.3 Å². The summed E-state index contributed by atoms with van der Waals surface area (Å²) < 4.78 is 11.5. The molecule has 30 heavy (non-hydrogen) atoms. The number of carbonyl (C=O) groups excluding carboxylic acids is 1. The zero-order valence-electron chi connectivity index (χ0n) is 17.3. The number of rotatable bonds is 11. The molecule has 158 valence electrons. The van der Waals surface area contributed by atoms with Crippen LogP contribution in [0.2, 0.25) is 0 Å². The number of nitro groups is 1. The molecule has 0 amide bonds. The molecule has 2 aromatic carbocycles. The van der Waals surface area contributed by atoms with Crippen LogP contribution in [0.25, 0.3) is 11.0 Å². The van der Waals surface area contributed by atoms with Gasteiger partial charge in [0.2, 0.25) is 5.88 Å². The van der Waals surface area contributed by atoms with E-state index in [1.165, 1.54) is 18.2 Å². The Morgan fingerprint density at radius 3 is 2.50 bits per heavy atom. The van der Waals surface area contributed by atoms with Gasteiger partial charge in [0, 0.05) is 29.6 Å². The van der Waals surface area contributed by atoms with Crippen molar-refractivity contribution in [1.82, 2.24) is 0 Å². The number of hydrogen-bond donors (Lipinski definition) is 1. The molecule has 0 fully saturated rings. The van der Waals surface area contributed by atoms with Crippen LogP contribution in [0.5, 0.6) is 5.75 Å². The number of anilines is 1. The van der Waals surface area contributed by atoms with Crippen LogP contribution in [0, 0.1) is 10.1 Å². The number of carbonyl (C=O) groups is 1. The van der Waals surface area contributed by atoms with Gasteiger partial charge in [-0.3, -0.25) is 14.9 Å². The van der Waals surface area contributed by atoms with Gasteiger partial charge in [-0.05, 0) is 43.2 Å². The molecule has 1 heterocycles. The maximum atomic E-state index is 13.3. The fourth-order valence-corrected chi connectivity index (χ4v) is 3.11. The van der Waals surface area contributed by atoms with E-state index in [-0.39, 0.29) is 11.5 Å². The van der Waals surface area contributed by atoms with Gasteiger partial charge in [0.1, 0.15) is 11.3 Å². The molecule has 1 aromatic heterocycles. The standard InChI is InChI=1S/C23H26N2O5/c1-3-5-13-24-23-21(19-15-17(25(27)28)9-12-20(19)30-23)22(26)16-7-10-18(11-8-16)29-14-6-4-2/h7-12,15,24H,3-6,13-14H2,1-2H3. The van der Waals surface area contributed by atoms with Crippen LogP contribution in [0.3, 0.4) is 0 Å². The highest BCUT2D eigenvalue weighted by molar-refractivity contribution is 6.19. The highest BCUT2D eigenvalue weighted by Gasteiger charge is 2.24. The first-order valence-corrected chi connectivity index (χ1v) is 10.3. The smallest absolute Gasteiger partial charge is 0.270 e. The number of unbranched alkanes of at least 4 members (excludes halogenated alkanes) is 2. The highest BCUT2D eigenvalue weighted by atomic mass is 16.6. The Balaban J connectivity index is 1.96. The van der Waals surface area contributed by atoms with Gasteiger partial charge in [-0.1, -0.05) is 26.7 Å². The Labute approximate surface area is 175 Å². The normalized spacial score (nSPS) is 10.9. The molecule has 0 aliphatic carbocycles. The van der Waals surface area contributed by atoms with Crippen molar-refractivity contribution < 1.29 is 18.9 Å². The largest absolute Gasteiger partial charge is 0.494 e. The third-order valence-corrected chi connectivity index (χ3v) is 4.81. The van der Waals surface area contributed by atoms with Gasteiger partial charge in [-0.2, -0.15) is 0 Å². The van der Waals surface area contributed by atoms with Gasteiger partial charge in [0.15, 0.2) is 5.78 Å². The van der Waals surface area contributed by atoms with Gasteiger partial charge in [-0.25, -0.2) is 0 Å². The molecule has 0 saturated heterocycles. The zero-order chi connectivity index (χ0) is 21.5. The molecule has 3 aromatic rings. The minimum atomic E-state index is -0.479. The SMILES string of the molecule is CCCCNc1oc2ccc([N+](=O)[O-])cc2c1C(=O)c1ccc(OCCCC)cc1. The third-order valence-electron chi connectivity index (χ3n) is 4.81. The van der Waals surface area contributed by atoms with Crippen LogP contribution in [0.4, 0.5) is 11.6 Å². The lowest BCUT2D eigenvalue weighted by molar-refractivity contribution is -0.384. The number of ether oxygens (including phenoxy) is 1. The van der Waals surface area contributed by atoms with Crippen LogP contribution in [0.1, 0.15) is 55.5 Å². The molecule has 0 saturated carbocycles. The second-order valence-corrected chi connectivity index (χ2v) is 7.08. The molecule has 0 radical (unpaired) electrons. The van der Waals surface area contributed by atoms with Gasteiger partial charge >= 0.3 is 0 Å². The molecule has 3 rings (SSSR count). The van der Waals surface area contributed by atoms with E-state index in [1.54, 1.807) is 24.3 Å². The minimum absolute atomic E-state index is 0.0860. The van der Waals surface area contributed by atoms with Gasteiger partial charge < -0.3 is 14.5 Å². The summed E-state index contributed by atoms with van der Waals surface area (Å²) >= 11 is 0. The van der Waals surface area contributed by atoms with Crippen molar-refractivity contribution in [1.29, 1.82) is 0 Å². The molecule has 0 bridgehead atoms. The van der Waals surface area contributed by atoms with E-state index < -0.39 is 4.92 Å². The van der Waals surface area contributed by atoms with Crippen LogP contribution < -0.4 is 10.1 Å². The molecule has 7 heteroatoms. The number of fused-ring (bicyclic) bond motifs is 1. The van der Waals surface area contributed by atoms with E-state index in [0.29, 0.717) is 46.9 Å². The first-order chi connectivity index (χ1) is 14.5. The predicted molar refractivity (Wildman–Crippen MR) is 117 cm³/mol. The fraction of sp³-hybridized carbons (Fsp3) is 0.348. The topological polar surface area (TPSA) is 94.6 Å². The lowest BCUT2D eigenvalue weighted by Crippen LogP contribution is -2.07. The van der Waals surface area contributed by atoms with Crippen molar-refractivity contribution in [3.8, 4) is 5.75 Å². The number of hydrogen-bond acceptors (Lipinski definition) is 6. The molecule has 7 nitrogen and oxygen atoms in total. The maximum absolute atomic E-state index is 13.3. The van der Waals surface area contributed by atoms with E-state index in [4.69, 9.17) is 9.15 Å². The van der Waals surface area contributed by atoms with E-state index in [2.05, 4.69) is 19.2 Å². The summed E-state index contributed by atoms with van der Waals surface area (Å²) in [6.45, 7) is 5.44. The second-order valence-electron chi connectivity index (χ2n) is 7.08. The summed E-state index contributed by atoms with van der Waals surface area (Å²) in [4.78, 5) is 24.1. The predicted octanol–water partition coefficient (Wildman–Crippen LogP) is 5.96. The number of benzene rings is 2. The number of nitrogens with one attached hydrogen (secondary N) is 1. The summed E-state index contributed by atoms with van der Waals surface area (Å²) in [6, 6.07) is 11.2. The molecule has 0 aliphatic rings. The summed E-state index contributed by atoms with van der Waals surface area (Å²) in [7, 11) is 0. The van der Waals surface area contributed by atoms with Gasteiger partial charge in [0.05, 0.1) is 17.1 Å². The van der Waals surface area contributed by atoms with Crippen molar-refractivity contribution in [3.63, 3.8) is 0 Å². The van der Waals surface area contributed by atoms with E-state index in [1.807, 2.05) is 0 Å². The fourth-order valence-electron chi connectivity index (χ4n) is 3.11. The van der Waals surface area contributed by atoms with Gasteiger partial charge in [-0.15, -0.1) is 0 Å². The average Bonchev–Trinajstić information content (AvgIpc) is 3.11. The lowest BCUT2D eigenvalue weighted by Gasteiger charge is -2.08. The Kier molecular flexibility index (Phi) is 7.06. The second kappa shape index (κ2) is 9.91. The molecule has 1 N–H and O–H groups in total. The van der Waals surface area contributed by atoms with Crippen molar-refractivity contribution in [2.24, 2.45) is 0 Å². The van der Waals surface area contributed by atoms with Crippen molar-refractivity contribution in [3.05, 3.63) is 63.7 Å². The summed E-state index contributed by atoms with van der Waals surface area (Å²) in [5.74, 6) is 0.787. The number of non-ortho nitro benzene ring substituents is 1. The molecule has 0 unspecified atom stereocenters. The first-order valence-electron chi connectivity index (χ1n) is 10.3. The van der Waals surface area contributed by atoms with Crippen LogP contribution in [-0.4, -0.2) is 23.9 Å². The average molecular weight is 410 g/mol. The van der Waals surface area contributed by atoms with Crippen LogP contribution in [0.15, 0.2) is 46.9 Å². The first kappa shape index (κ1) is 21.4. The number of nitro benzene ring substituents is 1. The summed E-state index contributed by atoms with van der Waals surface area (Å²) in [5.41, 5.74) is 1.12. The molecular formula is C23H26N2O5. The Bertz CT molecular complexity index is 1020. The van der Waals surface area contributed by atoms with E-state index in [0.717, 1.165) is 25.7 Å². The van der Waals surface area contributed by atoms with Gasteiger partial charge in [0.25, 0.3) is 5.69 Å². The monoisotopic (exact) mass is 410 g/mol. The summed E-state index contributed by atoms with van der Waals surface area (Å²) in [6.07, 6.45) is 3.91. The maximum Gasteiger partial charge on any atom is 0.270 e. The Morgan fingerprint density at radius 2 is 1.83 bits per heavy atom. The van der Waals surface area contributed by atoms with Crippen molar-refractivity contribution in [2.75, 3.05) is 18.5 Å². The zero-order valence-corrected chi connectivity index (χ0v) is 17.3. The lowest BCUT2D eigenvalue weighted by atomic mass is 10.0. The highest BCUT2D eigenvalue weighted by Crippen LogP contribution is 2.34. The number of furan rings is 1. The summed E-state index contributed by atoms with van der Waals surface area (Å²) in [5, 5.41) is 14.8. The van der Waals surface area contributed by atoms with Crippen LogP contribution in [-0.2, 0) is 0 Å². The quantitative estimate of drug-likeness (QED) is 0.181. The molecule has 0 aliphatic heterocycles. The van der Waals surface area contributed by atoms with E-state index >= 15 is 0 Å².